The quantitative estimate of drug-likeness (QED) is 0.743. The van der Waals surface area contributed by atoms with Crippen LogP contribution in [0.3, 0.4) is 0 Å². The summed E-state index contributed by atoms with van der Waals surface area (Å²) < 4.78 is 10.1. The fourth-order valence-electron chi connectivity index (χ4n) is 1.86. The Bertz CT molecular complexity index is 447. The summed E-state index contributed by atoms with van der Waals surface area (Å²) in [5.74, 6) is 0.310. The van der Waals surface area contributed by atoms with Crippen LogP contribution in [0.5, 0.6) is 5.75 Å². The zero-order valence-corrected chi connectivity index (χ0v) is 12.5. The normalized spacial score (nSPS) is 13.7. The van der Waals surface area contributed by atoms with E-state index < -0.39 is 12.1 Å². The highest BCUT2D eigenvalue weighted by Gasteiger charge is 2.18. The van der Waals surface area contributed by atoms with Gasteiger partial charge in [-0.25, -0.2) is 0 Å². The van der Waals surface area contributed by atoms with Gasteiger partial charge in [-0.3, -0.25) is 4.79 Å². The summed E-state index contributed by atoms with van der Waals surface area (Å²) in [4.78, 5) is 11.5. The van der Waals surface area contributed by atoms with E-state index in [-0.39, 0.29) is 12.5 Å². The number of nitrogens with one attached hydrogen (secondary N) is 1. The van der Waals surface area contributed by atoms with Gasteiger partial charge >= 0.3 is 5.97 Å². The Kier molecular flexibility index (Phi) is 6.48. The average molecular weight is 281 g/mol. The highest BCUT2D eigenvalue weighted by molar-refractivity contribution is 5.75. The fourth-order valence-corrected chi connectivity index (χ4v) is 1.86. The molecule has 2 atom stereocenters. The maximum Gasteiger partial charge on any atom is 0.322 e. The number of carbonyl (C=O) groups excluding carboxylic acids is 1. The number of rotatable bonds is 7. The van der Waals surface area contributed by atoms with Crippen molar-refractivity contribution in [2.24, 2.45) is 0 Å². The van der Waals surface area contributed by atoms with Gasteiger partial charge in [-0.05, 0) is 32.9 Å². The van der Waals surface area contributed by atoms with E-state index >= 15 is 0 Å². The van der Waals surface area contributed by atoms with Gasteiger partial charge < -0.3 is 19.9 Å². The molecule has 2 unspecified atom stereocenters. The van der Waals surface area contributed by atoms with Crippen molar-refractivity contribution in [2.45, 2.75) is 32.9 Å². The molecule has 0 amide bonds. The molecule has 112 valence electrons. The third-order valence-corrected chi connectivity index (χ3v) is 3.00. The molecular weight excluding hydrogens is 258 g/mol. The molecule has 0 aliphatic heterocycles. The van der Waals surface area contributed by atoms with Crippen LogP contribution < -0.4 is 10.1 Å². The lowest BCUT2D eigenvalue weighted by atomic mass is 10.0. The van der Waals surface area contributed by atoms with Crippen LogP contribution in [-0.2, 0) is 9.53 Å². The van der Waals surface area contributed by atoms with Crippen LogP contribution in [0.2, 0.25) is 0 Å². The predicted molar refractivity (Wildman–Crippen MR) is 76.8 cm³/mol. The molecule has 0 bridgehead atoms. The second-order valence-electron chi connectivity index (χ2n) is 4.64. The summed E-state index contributed by atoms with van der Waals surface area (Å²) in [5.41, 5.74) is 1.74. The first-order valence-electron chi connectivity index (χ1n) is 6.72. The van der Waals surface area contributed by atoms with Crippen molar-refractivity contribution in [3.8, 4) is 5.75 Å². The van der Waals surface area contributed by atoms with Crippen LogP contribution in [-0.4, -0.2) is 37.4 Å². The Morgan fingerprint density at radius 3 is 2.75 bits per heavy atom. The molecule has 0 aliphatic rings. The van der Waals surface area contributed by atoms with Gasteiger partial charge in [0.15, 0.2) is 0 Å². The largest absolute Gasteiger partial charge is 0.496 e. The number of methoxy groups -OCH3 is 1. The Hall–Kier alpha value is -1.59. The van der Waals surface area contributed by atoms with Crippen LogP contribution in [0.25, 0.3) is 0 Å². The minimum Gasteiger partial charge on any atom is -0.496 e. The Morgan fingerprint density at radius 1 is 1.45 bits per heavy atom. The summed E-state index contributed by atoms with van der Waals surface area (Å²) in [6, 6.07) is 5.16. The number of hydrogen-bond donors (Lipinski definition) is 2. The first kappa shape index (κ1) is 16.5. The molecule has 0 spiro atoms. The highest BCUT2D eigenvalue weighted by Crippen LogP contribution is 2.25. The van der Waals surface area contributed by atoms with Gasteiger partial charge in [-0.1, -0.05) is 11.6 Å². The molecule has 5 heteroatoms. The Labute approximate surface area is 119 Å². The monoisotopic (exact) mass is 281 g/mol. The third-order valence-electron chi connectivity index (χ3n) is 3.00. The van der Waals surface area contributed by atoms with E-state index in [1.54, 1.807) is 21.0 Å². The van der Waals surface area contributed by atoms with Crippen LogP contribution in [0, 0.1) is 6.92 Å². The van der Waals surface area contributed by atoms with E-state index in [0.29, 0.717) is 17.9 Å². The minimum absolute atomic E-state index is 0.250. The van der Waals surface area contributed by atoms with Gasteiger partial charge in [0.25, 0.3) is 0 Å². The number of aliphatic hydroxyl groups excluding tert-OH is 1. The molecule has 5 nitrogen and oxygen atoms in total. The number of aryl methyl sites for hydroxylation is 1. The lowest BCUT2D eigenvalue weighted by molar-refractivity contribution is -0.145. The fraction of sp³-hybridized carbons (Fsp3) is 0.533. The topological polar surface area (TPSA) is 67.8 Å². The molecule has 20 heavy (non-hydrogen) atoms. The van der Waals surface area contributed by atoms with Crippen LogP contribution in [0.4, 0.5) is 0 Å². The van der Waals surface area contributed by atoms with Crippen molar-refractivity contribution in [2.75, 3.05) is 20.3 Å². The summed E-state index contributed by atoms with van der Waals surface area (Å²) in [6.45, 7) is 6.01. The molecule has 2 N–H and O–H groups in total. The van der Waals surface area contributed by atoms with E-state index in [1.807, 2.05) is 25.1 Å². The molecule has 0 saturated heterocycles. The van der Waals surface area contributed by atoms with Gasteiger partial charge in [0.05, 0.1) is 19.8 Å². The maximum absolute atomic E-state index is 11.5. The Morgan fingerprint density at radius 2 is 2.15 bits per heavy atom. The lowest BCUT2D eigenvalue weighted by Crippen LogP contribution is -2.37. The van der Waals surface area contributed by atoms with Crippen molar-refractivity contribution in [1.29, 1.82) is 0 Å². The average Bonchev–Trinajstić information content (AvgIpc) is 2.44. The van der Waals surface area contributed by atoms with Gasteiger partial charge in [-0.2, -0.15) is 0 Å². The first-order valence-corrected chi connectivity index (χ1v) is 6.72. The summed E-state index contributed by atoms with van der Waals surface area (Å²) in [5, 5.41) is 13.2. The maximum atomic E-state index is 11.5. The summed E-state index contributed by atoms with van der Waals surface area (Å²) in [7, 11) is 1.57. The van der Waals surface area contributed by atoms with Crippen molar-refractivity contribution in [3.05, 3.63) is 29.3 Å². The number of esters is 1. The van der Waals surface area contributed by atoms with E-state index in [4.69, 9.17) is 9.47 Å². The summed E-state index contributed by atoms with van der Waals surface area (Å²) in [6.07, 6.45) is -0.748. The van der Waals surface area contributed by atoms with Gasteiger partial charge in [-0.15, -0.1) is 0 Å². The molecule has 1 rings (SSSR count). The zero-order chi connectivity index (χ0) is 15.1. The molecule has 0 radical (unpaired) electrons. The minimum atomic E-state index is -0.748. The number of hydrogen-bond acceptors (Lipinski definition) is 5. The van der Waals surface area contributed by atoms with Crippen molar-refractivity contribution < 1.29 is 19.4 Å². The van der Waals surface area contributed by atoms with Crippen LogP contribution in [0.15, 0.2) is 18.2 Å². The van der Waals surface area contributed by atoms with E-state index in [1.165, 1.54) is 0 Å². The van der Waals surface area contributed by atoms with Crippen LogP contribution in [0.1, 0.15) is 31.1 Å². The molecular formula is C15H23NO4. The van der Waals surface area contributed by atoms with Gasteiger partial charge in [0, 0.05) is 12.1 Å². The van der Waals surface area contributed by atoms with Gasteiger partial charge in [0.2, 0.25) is 0 Å². The summed E-state index contributed by atoms with van der Waals surface area (Å²) >= 11 is 0. The van der Waals surface area contributed by atoms with E-state index in [2.05, 4.69) is 5.32 Å². The number of ether oxygens (including phenoxy) is 2. The number of aliphatic hydroxyl groups is 1. The van der Waals surface area contributed by atoms with Crippen LogP contribution >= 0.6 is 0 Å². The highest BCUT2D eigenvalue weighted by atomic mass is 16.5. The lowest BCUT2D eigenvalue weighted by Gasteiger charge is -2.18. The molecule has 0 heterocycles. The standard InChI is InChI=1S/C15H23NO4/c1-5-20-15(18)11(3)16-9-13(17)12-8-10(2)6-7-14(12)19-4/h6-8,11,13,16-17H,5,9H2,1-4H3. The van der Waals surface area contributed by atoms with Crippen molar-refractivity contribution in [3.63, 3.8) is 0 Å². The van der Waals surface area contributed by atoms with Crippen molar-refractivity contribution in [1.82, 2.24) is 5.32 Å². The smallest absolute Gasteiger partial charge is 0.322 e. The molecule has 0 saturated carbocycles. The molecule has 1 aromatic rings. The predicted octanol–water partition coefficient (Wildman–Crippen LogP) is 1.58. The zero-order valence-electron chi connectivity index (χ0n) is 12.5. The molecule has 0 aliphatic carbocycles. The molecule has 0 fully saturated rings. The number of carbonyl (C=O) groups is 1. The van der Waals surface area contributed by atoms with E-state index in [9.17, 15) is 9.90 Å². The Balaban J connectivity index is 2.65. The number of benzene rings is 1. The molecule has 0 aromatic heterocycles. The second-order valence-corrected chi connectivity index (χ2v) is 4.64. The van der Waals surface area contributed by atoms with Gasteiger partial charge in [0.1, 0.15) is 11.8 Å². The second kappa shape index (κ2) is 7.87. The third kappa shape index (κ3) is 4.51. The van der Waals surface area contributed by atoms with E-state index in [0.717, 1.165) is 5.56 Å². The first-order chi connectivity index (χ1) is 9.49. The van der Waals surface area contributed by atoms with Crippen molar-refractivity contribution >= 4 is 5.97 Å². The SMILES string of the molecule is CCOC(=O)C(C)NCC(O)c1cc(C)ccc1OC. The molecule has 1 aromatic carbocycles.